The van der Waals surface area contributed by atoms with Gasteiger partial charge in [0.05, 0.1) is 5.71 Å². The Morgan fingerprint density at radius 1 is 1.58 bits per heavy atom. The van der Waals surface area contributed by atoms with E-state index in [0.29, 0.717) is 0 Å². The molecule has 0 aromatic carbocycles. The summed E-state index contributed by atoms with van der Waals surface area (Å²) in [5.41, 5.74) is 2.02. The summed E-state index contributed by atoms with van der Waals surface area (Å²) in [7, 11) is 1.78. The van der Waals surface area contributed by atoms with E-state index in [-0.39, 0.29) is 0 Å². The van der Waals surface area contributed by atoms with Gasteiger partial charge in [0.2, 0.25) is 0 Å². The van der Waals surface area contributed by atoms with Gasteiger partial charge in [0, 0.05) is 25.0 Å². The fraction of sp³-hybridized carbons (Fsp3) is 0.200. The van der Waals surface area contributed by atoms with E-state index in [0.717, 1.165) is 11.3 Å². The van der Waals surface area contributed by atoms with E-state index in [4.69, 9.17) is 0 Å². The van der Waals surface area contributed by atoms with Crippen LogP contribution in [0.25, 0.3) is 0 Å². The number of allylic oxidation sites excluding steroid dienone is 2. The Bertz CT molecular complexity index is 286. The number of nitrogens with zero attached hydrogens (tertiary/aromatic N) is 2. The highest BCUT2D eigenvalue weighted by Gasteiger charge is 1.95. The number of hydrogen-bond acceptors (Lipinski definition) is 2. The highest BCUT2D eigenvalue weighted by Crippen LogP contribution is 1.99. The first-order valence-electron chi connectivity index (χ1n) is 3.88. The average Bonchev–Trinajstić information content (AvgIpc) is 2.15. The molecule has 1 aromatic rings. The standard InChI is InChI=1S/C10H12N2/c1-3-5-10(11-2)9-6-4-7-12-8-9/h3-8H,1-2H3/b5-3-,11-10?. The second-order valence-electron chi connectivity index (χ2n) is 2.35. The average molecular weight is 160 g/mol. The molecular weight excluding hydrogens is 148 g/mol. The lowest BCUT2D eigenvalue weighted by Crippen LogP contribution is -1.96. The molecule has 0 aliphatic rings. The first-order chi connectivity index (χ1) is 5.88. The molecule has 0 atom stereocenters. The molecule has 2 heteroatoms. The third-order valence-electron chi connectivity index (χ3n) is 1.52. The van der Waals surface area contributed by atoms with Crippen LogP contribution in [0.2, 0.25) is 0 Å². The summed E-state index contributed by atoms with van der Waals surface area (Å²) >= 11 is 0. The van der Waals surface area contributed by atoms with Crippen LogP contribution >= 0.6 is 0 Å². The summed E-state index contributed by atoms with van der Waals surface area (Å²) in [5.74, 6) is 0. The van der Waals surface area contributed by atoms with Crippen molar-refractivity contribution in [3.8, 4) is 0 Å². The number of aliphatic imine (C=N–C) groups is 1. The normalized spacial score (nSPS) is 12.3. The Morgan fingerprint density at radius 2 is 2.42 bits per heavy atom. The Labute approximate surface area is 72.7 Å². The maximum Gasteiger partial charge on any atom is 0.0655 e. The van der Waals surface area contributed by atoms with E-state index in [9.17, 15) is 0 Å². The molecule has 0 aliphatic carbocycles. The maximum atomic E-state index is 4.14. The highest BCUT2D eigenvalue weighted by atomic mass is 14.7. The Kier molecular flexibility index (Phi) is 3.20. The lowest BCUT2D eigenvalue weighted by Gasteiger charge is -1.97. The number of hydrogen-bond donors (Lipinski definition) is 0. The van der Waals surface area contributed by atoms with Crippen LogP contribution in [0.4, 0.5) is 0 Å². The summed E-state index contributed by atoms with van der Waals surface area (Å²) in [6.45, 7) is 1.97. The molecule has 0 N–H and O–H groups in total. The molecule has 0 saturated carbocycles. The molecule has 0 bridgehead atoms. The van der Waals surface area contributed by atoms with E-state index >= 15 is 0 Å². The first kappa shape index (κ1) is 8.65. The monoisotopic (exact) mass is 160 g/mol. The highest BCUT2D eigenvalue weighted by molar-refractivity contribution is 6.08. The zero-order valence-electron chi connectivity index (χ0n) is 7.36. The van der Waals surface area contributed by atoms with Gasteiger partial charge < -0.3 is 0 Å². The van der Waals surface area contributed by atoms with Crippen LogP contribution in [0, 0.1) is 0 Å². The number of pyridine rings is 1. The predicted octanol–water partition coefficient (Wildman–Crippen LogP) is 2.08. The molecule has 62 valence electrons. The molecule has 0 saturated heterocycles. The van der Waals surface area contributed by atoms with Gasteiger partial charge in [0.25, 0.3) is 0 Å². The van der Waals surface area contributed by atoms with Crippen molar-refractivity contribution in [2.45, 2.75) is 6.92 Å². The Hall–Kier alpha value is -1.44. The zero-order chi connectivity index (χ0) is 8.81. The molecule has 1 aromatic heterocycles. The largest absolute Gasteiger partial charge is 0.288 e. The van der Waals surface area contributed by atoms with E-state index < -0.39 is 0 Å². The molecule has 1 heterocycles. The first-order valence-corrected chi connectivity index (χ1v) is 3.88. The second kappa shape index (κ2) is 4.44. The van der Waals surface area contributed by atoms with Gasteiger partial charge in [-0.25, -0.2) is 0 Å². The van der Waals surface area contributed by atoms with Gasteiger partial charge in [-0.1, -0.05) is 6.08 Å². The minimum atomic E-state index is 0.964. The van der Waals surface area contributed by atoms with Crippen LogP contribution in [-0.4, -0.2) is 17.7 Å². The Morgan fingerprint density at radius 3 is 2.92 bits per heavy atom. The van der Waals surface area contributed by atoms with E-state index in [1.807, 2.05) is 37.4 Å². The third kappa shape index (κ3) is 2.02. The van der Waals surface area contributed by atoms with Crippen molar-refractivity contribution in [2.24, 2.45) is 4.99 Å². The lowest BCUT2D eigenvalue weighted by molar-refractivity contribution is 1.31. The molecule has 0 unspecified atom stereocenters. The smallest absolute Gasteiger partial charge is 0.0655 e. The van der Waals surface area contributed by atoms with Gasteiger partial charge in [-0.05, 0) is 25.1 Å². The van der Waals surface area contributed by atoms with Crippen LogP contribution in [0.1, 0.15) is 12.5 Å². The van der Waals surface area contributed by atoms with Crippen LogP contribution in [0.15, 0.2) is 41.7 Å². The summed E-state index contributed by atoms with van der Waals surface area (Å²) < 4.78 is 0. The minimum absolute atomic E-state index is 0.964. The minimum Gasteiger partial charge on any atom is -0.288 e. The molecule has 0 spiro atoms. The molecule has 1 rings (SSSR count). The van der Waals surface area contributed by atoms with Crippen LogP contribution in [-0.2, 0) is 0 Å². The van der Waals surface area contributed by atoms with E-state index in [1.165, 1.54) is 0 Å². The van der Waals surface area contributed by atoms with E-state index in [1.54, 1.807) is 13.2 Å². The van der Waals surface area contributed by atoms with Gasteiger partial charge in [0.1, 0.15) is 0 Å². The van der Waals surface area contributed by atoms with Gasteiger partial charge >= 0.3 is 0 Å². The molecule has 2 nitrogen and oxygen atoms in total. The second-order valence-corrected chi connectivity index (χ2v) is 2.35. The molecule has 0 amide bonds. The lowest BCUT2D eigenvalue weighted by atomic mass is 10.1. The third-order valence-corrected chi connectivity index (χ3v) is 1.52. The fourth-order valence-corrected chi connectivity index (χ4v) is 0.972. The van der Waals surface area contributed by atoms with Crippen molar-refractivity contribution in [1.82, 2.24) is 4.98 Å². The molecule has 0 radical (unpaired) electrons. The van der Waals surface area contributed by atoms with Crippen molar-refractivity contribution in [3.63, 3.8) is 0 Å². The van der Waals surface area contributed by atoms with Crippen molar-refractivity contribution in [2.75, 3.05) is 7.05 Å². The number of rotatable bonds is 2. The summed E-state index contributed by atoms with van der Waals surface area (Å²) in [6.07, 6.45) is 7.50. The van der Waals surface area contributed by atoms with E-state index in [2.05, 4.69) is 9.98 Å². The summed E-state index contributed by atoms with van der Waals surface area (Å²) in [4.78, 5) is 8.16. The van der Waals surface area contributed by atoms with Crippen molar-refractivity contribution >= 4 is 5.71 Å². The SMILES string of the molecule is C/C=C\C(=NC)c1cccnc1. The summed E-state index contributed by atoms with van der Waals surface area (Å²) in [5, 5.41) is 0. The topological polar surface area (TPSA) is 25.2 Å². The molecular formula is C10H12N2. The number of aromatic nitrogens is 1. The van der Waals surface area contributed by atoms with Gasteiger partial charge in [-0.3, -0.25) is 9.98 Å². The molecule has 0 fully saturated rings. The quantitative estimate of drug-likeness (QED) is 0.608. The Balaban J connectivity index is 2.97. The maximum absolute atomic E-state index is 4.14. The van der Waals surface area contributed by atoms with Crippen LogP contribution in [0.3, 0.4) is 0 Å². The molecule has 0 aliphatic heterocycles. The van der Waals surface area contributed by atoms with Crippen LogP contribution < -0.4 is 0 Å². The van der Waals surface area contributed by atoms with Crippen molar-refractivity contribution in [1.29, 1.82) is 0 Å². The van der Waals surface area contributed by atoms with Crippen molar-refractivity contribution < 1.29 is 0 Å². The van der Waals surface area contributed by atoms with Gasteiger partial charge in [0.15, 0.2) is 0 Å². The van der Waals surface area contributed by atoms with Gasteiger partial charge in [-0.15, -0.1) is 0 Å². The molecule has 12 heavy (non-hydrogen) atoms. The fourth-order valence-electron chi connectivity index (χ4n) is 0.972. The zero-order valence-corrected chi connectivity index (χ0v) is 7.36. The van der Waals surface area contributed by atoms with Gasteiger partial charge in [-0.2, -0.15) is 0 Å². The summed E-state index contributed by atoms with van der Waals surface area (Å²) in [6, 6.07) is 3.90. The van der Waals surface area contributed by atoms with Crippen molar-refractivity contribution in [3.05, 3.63) is 42.2 Å². The predicted molar refractivity (Wildman–Crippen MR) is 51.5 cm³/mol. The van der Waals surface area contributed by atoms with Crippen LogP contribution in [0.5, 0.6) is 0 Å².